The first-order valence-electron chi connectivity index (χ1n) is 6.51. The summed E-state index contributed by atoms with van der Waals surface area (Å²) in [5.41, 5.74) is 1.54. The second kappa shape index (κ2) is 5.40. The Balaban J connectivity index is 2.20. The predicted octanol–water partition coefficient (Wildman–Crippen LogP) is 2.63. The van der Waals surface area contributed by atoms with Gasteiger partial charge in [-0.05, 0) is 6.07 Å². The molecule has 0 radical (unpaired) electrons. The number of hydrogen-bond acceptors (Lipinski definition) is 5. The largest absolute Gasteiger partial charge is 0.296 e. The highest BCUT2D eigenvalue weighted by Gasteiger charge is 2.22. The molecule has 2 heterocycles. The van der Waals surface area contributed by atoms with Crippen LogP contribution in [0.2, 0.25) is 0 Å². The van der Waals surface area contributed by atoms with Crippen LogP contribution in [0.4, 0.5) is 5.13 Å². The van der Waals surface area contributed by atoms with E-state index in [0.29, 0.717) is 16.5 Å². The normalized spacial score (nSPS) is 11.5. The molecule has 0 fully saturated rings. The molecule has 0 atom stereocenters. The predicted molar refractivity (Wildman–Crippen MR) is 82.0 cm³/mol. The summed E-state index contributed by atoms with van der Waals surface area (Å²) in [6.07, 6.45) is 0. The standard InChI is InChI=1S/C14H18N4O2S/c1-8(19)9-7-21-13(15-9)16-12(20)10-6-11(14(2,3)4)17-18(10)5/h6-7H,1-5H3,(H,15,16,20). The molecule has 0 aromatic carbocycles. The zero-order valence-corrected chi connectivity index (χ0v) is 13.5. The van der Waals surface area contributed by atoms with Crippen molar-refractivity contribution in [1.82, 2.24) is 14.8 Å². The quantitative estimate of drug-likeness (QED) is 0.884. The number of aromatic nitrogens is 3. The highest BCUT2D eigenvalue weighted by atomic mass is 32.1. The molecule has 0 spiro atoms. The summed E-state index contributed by atoms with van der Waals surface area (Å²) >= 11 is 1.23. The number of anilines is 1. The van der Waals surface area contributed by atoms with Crippen LogP contribution < -0.4 is 5.32 Å². The lowest BCUT2D eigenvalue weighted by Gasteiger charge is -2.13. The van der Waals surface area contributed by atoms with E-state index in [9.17, 15) is 9.59 Å². The average Bonchev–Trinajstić information content (AvgIpc) is 2.94. The van der Waals surface area contributed by atoms with Crippen LogP contribution in [0.5, 0.6) is 0 Å². The van der Waals surface area contributed by atoms with Crippen molar-refractivity contribution in [2.24, 2.45) is 7.05 Å². The highest BCUT2D eigenvalue weighted by molar-refractivity contribution is 7.14. The monoisotopic (exact) mass is 306 g/mol. The number of nitrogens with zero attached hydrogens (tertiary/aromatic N) is 3. The molecule has 2 aromatic rings. The van der Waals surface area contributed by atoms with Crippen LogP contribution >= 0.6 is 11.3 Å². The third-order valence-electron chi connectivity index (χ3n) is 2.97. The molecule has 0 bridgehead atoms. The van der Waals surface area contributed by atoms with Gasteiger partial charge >= 0.3 is 0 Å². The van der Waals surface area contributed by atoms with Gasteiger partial charge in [0.15, 0.2) is 10.9 Å². The molecule has 0 aliphatic heterocycles. The Bertz CT molecular complexity index is 694. The Morgan fingerprint density at radius 1 is 1.33 bits per heavy atom. The SMILES string of the molecule is CC(=O)c1csc(NC(=O)c2cc(C(C)(C)C)nn2C)n1. The smallest absolute Gasteiger partial charge is 0.275 e. The summed E-state index contributed by atoms with van der Waals surface area (Å²) in [5, 5.41) is 9.09. The third kappa shape index (κ3) is 3.36. The zero-order chi connectivity index (χ0) is 15.8. The average molecular weight is 306 g/mol. The van der Waals surface area contributed by atoms with Gasteiger partial charge in [-0.3, -0.25) is 19.6 Å². The maximum absolute atomic E-state index is 12.3. The summed E-state index contributed by atoms with van der Waals surface area (Å²) in [4.78, 5) is 27.5. The lowest BCUT2D eigenvalue weighted by molar-refractivity contribution is 0.1000. The van der Waals surface area contributed by atoms with E-state index < -0.39 is 0 Å². The number of nitrogens with one attached hydrogen (secondary N) is 1. The lowest BCUT2D eigenvalue weighted by atomic mass is 9.92. The molecule has 0 saturated carbocycles. The Kier molecular flexibility index (Phi) is 3.95. The third-order valence-corrected chi connectivity index (χ3v) is 3.72. The van der Waals surface area contributed by atoms with Crippen molar-refractivity contribution in [3.8, 4) is 0 Å². The molecule has 0 unspecified atom stereocenters. The van der Waals surface area contributed by atoms with Crippen molar-refractivity contribution in [1.29, 1.82) is 0 Å². The lowest BCUT2D eigenvalue weighted by Crippen LogP contribution is -2.16. The summed E-state index contributed by atoms with van der Waals surface area (Å²) in [6, 6.07) is 1.77. The van der Waals surface area contributed by atoms with Crippen molar-refractivity contribution in [2.45, 2.75) is 33.1 Å². The van der Waals surface area contributed by atoms with Gasteiger partial charge in [-0.2, -0.15) is 5.10 Å². The Morgan fingerprint density at radius 2 is 2.00 bits per heavy atom. The van der Waals surface area contributed by atoms with E-state index in [2.05, 4.69) is 15.4 Å². The van der Waals surface area contributed by atoms with Gasteiger partial charge in [0.05, 0.1) is 5.69 Å². The second-order valence-corrected chi connectivity index (χ2v) is 6.69. The number of aryl methyl sites for hydroxylation is 1. The first-order chi connectivity index (χ1) is 9.68. The van der Waals surface area contributed by atoms with Crippen LogP contribution in [0.25, 0.3) is 0 Å². The minimum Gasteiger partial charge on any atom is -0.296 e. The number of amides is 1. The van der Waals surface area contributed by atoms with Crippen molar-refractivity contribution in [3.05, 3.63) is 28.5 Å². The number of Topliss-reactive ketones (excluding diaryl/α,β-unsaturated/α-hetero) is 1. The Labute approximate surface area is 127 Å². The number of carbonyl (C=O) groups is 2. The fourth-order valence-corrected chi connectivity index (χ4v) is 2.44. The molecule has 21 heavy (non-hydrogen) atoms. The van der Waals surface area contributed by atoms with Gasteiger partial charge in [-0.25, -0.2) is 4.98 Å². The summed E-state index contributed by atoms with van der Waals surface area (Å²) in [6.45, 7) is 7.56. The number of ketones is 1. The molecule has 0 aliphatic carbocycles. The number of hydrogen-bond donors (Lipinski definition) is 1. The molecule has 112 valence electrons. The van der Waals surface area contributed by atoms with Gasteiger partial charge in [-0.1, -0.05) is 20.8 Å². The molecular weight excluding hydrogens is 288 g/mol. The Morgan fingerprint density at radius 3 is 2.48 bits per heavy atom. The van der Waals surface area contributed by atoms with E-state index in [1.807, 2.05) is 20.8 Å². The van der Waals surface area contributed by atoms with Crippen LogP contribution in [-0.4, -0.2) is 26.5 Å². The minimum absolute atomic E-state index is 0.123. The van der Waals surface area contributed by atoms with Gasteiger partial charge < -0.3 is 0 Å². The molecule has 2 aromatic heterocycles. The molecule has 7 heteroatoms. The first-order valence-corrected chi connectivity index (χ1v) is 7.39. The van der Waals surface area contributed by atoms with Gasteiger partial charge in [0, 0.05) is 24.8 Å². The molecule has 1 N–H and O–H groups in total. The van der Waals surface area contributed by atoms with Gasteiger partial charge in [0.2, 0.25) is 0 Å². The topological polar surface area (TPSA) is 76.9 Å². The van der Waals surface area contributed by atoms with Gasteiger partial charge in [0.1, 0.15) is 11.4 Å². The van der Waals surface area contributed by atoms with Crippen molar-refractivity contribution in [3.63, 3.8) is 0 Å². The van der Waals surface area contributed by atoms with Crippen molar-refractivity contribution >= 4 is 28.2 Å². The molecule has 2 rings (SSSR count). The van der Waals surface area contributed by atoms with E-state index in [1.165, 1.54) is 18.3 Å². The number of rotatable bonds is 3. The molecular formula is C14H18N4O2S. The van der Waals surface area contributed by atoms with E-state index in [1.54, 1.807) is 23.2 Å². The maximum atomic E-state index is 12.3. The summed E-state index contributed by atoms with van der Waals surface area (Å²) in [7, 11) is 1.73. The first kappa shape index (κ1) is 15.4. The van der Waals surface area contributed by atoms with Crippen LogP contribution in [-0.2, 0) is 12.5 Å². The van der Waals surface area contributed by atoms with Crippen LogP contribution in [0.1, 0.15) is 54.4 Å². The van der Waals surface area contributed by atoms with Crippen molar-refractivity contribution in [2.75, 3.05) is 5.32 Å². The van der Waals surface area contributed by atoms with Gasteiger partial charge in [0.25, 0.3) is 5.91 Å². The number of carbonyl (C=O) groups excluding carboxylic acids is 2. The summed E-state index contributed by atoms with van der Waals surface area (Å²) in [5.74, 6) is -0.410. The second-order valence-electron chi connectivity index (χ2n) is 5.84. The molecule has 0 aliphatic rings. The maximum Gasteiger partial charge on any atom is 0.275 e. The van der Waals surface area contributed by atoms with E-state index in [-0.39, 0.29) is 17.1 Å². The fourth-order valence-electron chi connectivity index (χ4n) is 1.70. The zero-order valence-electron chi connectivity index (χ0n) is 12.7. The molecule has 1 amide bonds. The summed E-state index contributed by atoms with van der Waals surface area (Å²) < 4.78 is 1.55. The fraction of sp³-hybridized carbons (Fsp3) is 0.429. The highest BCUT2D eigenvalue weighted by Crippen LogP contribution is 2.22. The Hall–Kier alpha value is -2.02. The van der Waals surface area contributed by atoms with Crippen LogP contribution in [0.3, 0.4) is 0 Å². The molecule has 0 saturated heterocycles. The van der Waals surface area contributed by atoms with E-state index in [4.69, 9.17) is 0 Å². The van der Waals surface area contributed by atoms with Crippen molar-refractivity contribution < 1.29 is 9.59 Å². The molecule has 6 nitrogen and oxygen atoms in total. The van der Waals surface area contributed by atoms with Crippen LogP contribution in [0.15, 0.2) is 11.4 Å². The van der Waals surface area contributed by atoms with Crippen LogP contribution in [0, 0.1) is 0 Å². The minimum atomic E-state index is -0.287. The van der Waals surface area contributed by atoms with E-state index in [0.717, 1.165) is 5.69 Å². The number of thiazole rings is 1. The van der Waals surface area contributed by atoms with Gasteiger partial charge in [-0.15, -0.1) is 11.3 Å². The van der Waals surface area contributed by atoms with E-state index >= 15 is 0 Å².